The molecular weight excluding hydrogens is 88.1 g/mol. The van der Waals surface area contributed by atoms with Crippen LogP contribution in [0.15, 0.2) is 11.8 Å². The molecule has 2 N–H and O–H groups in total. The molecule has 0 bridgehead atoms. The molecule has 0 saturated heterocycles. The molecule has 0 amide bonds. The molecule has 0 fully saturated rings. The monoisotopic (exact) mass is 97.1 g/mol. The Morgan fingerprint density at radius 1 is 1.71 bits per heavy atom. The van der Waals surface area contributed by atoms with Gasteiger partial charge in [-0.3, -0.25) is 5.32 Å². The first-order valence-corrected chi connectivity index (χ1v) is 2.36. The molecule has 0 aromatic rings. The van der Waals surface area contributed by atoms with Crippen molar-refractivity contribution in [3.63, 3.8) is 0 Å². The number of nitrogens with one attached hydrogen (secondary N) is 2. The molecule has 7 heavy (non-hydrogen) atoms. The predicted octanol–water partition coefficient (Wildman–Crippen LogP) is -0.145. The number of allylic oxidation sites excluding steroid dienone is 1. The van der Waals surface area contributed by atoms with Gasteiger partial charge in [0, 0.05) is 12.2 Å². The Balaban J connectivity index is 2.40. The van der Waals surface area contributed by atoms with Gasteiger partial charge < -0.3 is 5.32 Å². The summed E-state index contributed by atoms with van der Waals surface area (Å²) in [6.45, 7) is 5.51. The van der Waals surface area contributed by atoms with E-state index in [1.807, 2.05) is 6.08 Å². The molecule has 1 radical (unpaired) electrons. The lowest BCUT2D eigenvalue weighted by Crippen LogP contribution is -2.32. The zero-order valence-corrected chi connectivity index (χ0v) is 4.20. The Kier molecular flexibility index (Phi) is 1.32. The highest BCUT2D eigenvalue weighted by Gasteiger charge is 1.91. The Morgan fingerprint density at radius 3 is 2.86 bits per heavy atom. The summed E-state index contributed by atoms with van der Waals surface area (Å²) in [5.41, 5.74) is 1.03. The molecule has 39 valence electrons. The lowest BCUT2D eigenvalue weighted by atomic mass is 10.4. The van der Waals surface area contributed by atoms with Crippen LogP contribution in [-0.2, 0) is 0 Å². The second kappa shape index (κ2) is 1.98. The molecule has 0 unspecified atom stereocenters. The number of rotatable bonds is 0. The van der Waals surface area contributed by atoms with Crippen molar-refractivity contribution in [3.8, 4) is 0 Å². The van der Waals surface area contributed by atoms with Crippen LogP contribution in [0.3, 0.4) is 0 Å². The second-order valence-electron chi connectivity index (χ2n) is 1.54. The predicted molar refractivity (Wildman–Crippen MR) is 29.4 cm³/mol. The Hall–Kier alpha value is -0.500. The van der Waals surface area contributed by atoms with Gasteiger partial charge in [-0.05, 0) is 6.92 Å². The second-order valence-corrected chi connectivity index (χ2v) is 1.54. The molecule has 0 spiro atoms. The average Bonchev–Trinajstić information content (AvgIpc) is 1.69. The van der Waals surface area contributed by atoms with Crippen molar-refractivity contribution in [2.75, 3.05) is 13.2 Å². The van der Waals surface area contributed by atoms with E-state index in [0.29, 0.717) is 0 Å². The largest absolute Gasteiger partial charge is 0.376 e. The fourth-order valence-electron chi connectivity index (χ4n) is 0.516. The molecule has 1 rings (SSSR count). The number of hydrogen-bond donors (Lipinski definition) is 2. The highest BCUT2D eigenvalue weighted by Crippen LogP contribution is 1.85. The Morgan fingerprint density at radius 2 is 2.57 bits per heavy atom. The van der Waals surface area contributed by atoms with Gasteiger partial charge in [0.05, 0.1) is 6.67 Å². The minimum atomic E-state index is 0.856. The lowest BCUT2D eigenvalue weighted by Gasteiger charge is -2.11. The maximum absolute atomic E-state index is 3.71. The van der Waals surface area contributed by atoms with E-state index in [0.717, 1.165) is 18.9 Å². The van der Waals surface area contributed by atoms with E-state index >= 15 is 0 Å². The first kappa shape index (κ1) is 4.65. The molecule has 1 aliphatic rings. The SMILES string of the molecule is [CH2]C1=CCNCN1. The van der Waals surface area contributed by atoms with Gasteiger partial charge in [-0.2, -0.15) is 0 Å². The van der Waals surface area contributed by atoms with E-state index in [2.05, 4.69) is 17.6 Å². The molecule has 0 saturated carbocycles. The zero-order chi connectivity index (χ0) is 5.11. The topological polar surface area (TPSA) is 24.1 Å². The smallest absolute Gasteiger partial charge is 0.0652 e. The van der Waals surface area contributed by atoms with Crippen molar-refractivity contribution >= 4 is 0 Å². The Bertz CT molecular complexity index is 86.1. The fraction of sp³-hybridized carbons (Fsp3) is 0.400. The molecule has 0 aromatic heterocycles. The summed E-state index contributed by atoms with van der Waals surface area (Å²) in [6.07, 6.45) is 2.02. The highest BCUT2D eigenvalue weighted by molar-refractivity contribution is 5.05. The summed E-state index contributed by atoms with van der Waals surface area (Å²) in [5.74, 6) is 0. The molecule has 2 heteroatoms. The third-order valence-electron chi connectivity index (χ3n) is 0.933. The van der Waals surface area contributed by atoms with E-state index in [-0.39, 0.29) is 0 Å². The van der Waals surface area contributed by atoms with Crippen molar-refractivity contribution in [2.24, 2.45) is 0 Å². The molecule has 1 aliphatic heterocycles. The minimum absolute atomic E-state index is 0.856. The van der Waals surface area contributed by atoms with Gasteiger partial charge >= 0.3 is 0 Å². The highest BCUT2D eigenvalue weighted by atomic mass is 15.1. The Labute approximate surface area is 43.6 Å². The van der Waals surface area contributed by atoms with Crippen molar-refractivity contribution in [1.82, 2.24) is 10.6 Å². The van der Waals surface area contributed by atoms with Crippen LogP contribution in [-0.4, -0.2) is 13.2 Å². The molecule has 2 nitrogen and oxygen atoms in total. The van der Waals surface area contributed by atoms with Crippen LogP contribution >= 0.6 is 0 Å². The summed E-state index contributed by atoms with van der Waals surface area (Å²) in [4.78, 5) is 0. The summed E-state index contributed by atoms with van der Waals surface area (Å²) in [7, 11) is 0. The van der Waals surface area contributed by atoms with Crippen LogP contribution in [0.5, 0.6) is 0 Å². The van der Waals surface area contributed by atoms with Gasteiger partial charge in [0.15, 0.2) is 0 Å². The quantitative estimate of drug-likeness (QED) is 0.439. The van der Waals surface area contributed by atoms with E-state index in [9.17, 15) is 0 Å². The van der Waals surface area contributed by atoms with Gasteiger partial charge in [0.2, 0.25) is 0 Å². The molecule has 0 aromatic carbocycles. The van der Waals surface area contributed by atoms with Crippen LogP contribution in [0.4, 0.5) is 0 Å². The first-order chi connectivity index (χ1) is 3.39. The van der Waals surface area contributed by atoms with E-state index < -0.39 is 0 Å². The first-order valence-electron chi connectivity index (χ1n) is 2.36. The average molecular weight is 97.1 g/mol. The zero-order valence-electron chi connectivity index (χ0n) is 4.20. The van der Waals surface area contributed by atoms with Gasteiger partial charge in [0.25, 0.3) is 0 Å². The van der Waals surface area contributed by atoms with Crippen molar-refractivity contribution in [3.05, 3.63) is 18.7 Å². The van der Waals surface area contributed by atoms with Crippen LogP contribution < -0.4 is 10.6 Å². The van der Waals surface area contributed by atoms with E-state index in [4.69, 9.17) is 0 Å². The maximum Gasteiger partial charge on any atom is 0.0652 e. The van der Waals surface area contributed by atoms with Crippen LogP contribution in [0.1, 0.15) is 0 Å². The molecule has 1 heterocycles. The summed E-state index contributed by atoms with van der Waals surface area (Å²) < 4.78 is 0. The minimum Gasteiger partial charge on any atom is -0.376 e. The van der Waals surface area contributed by atoms with Crippen molar-refractivity contribution < 1.29 is 0 Å². The third-order valence-corrected chi connectivity index (χ3v) is 0.933. The molecule has 0 atom stereocenters. The van der Waals surface area contributed by atoms with E-state index in [1.54, 1.807) is 0 Å². The maximum atomic E-state index is 3.71. The fourth-order valence-corrected chi connectivity index (χ4v) is 0.516. The summed E-state index contributed by atoms with van der Waals surface area (Å²) in [5, 5.41) is 6.11. The third kappa shape index (κ3) is 1.20. The summed E-state index contributed by atoms with van der Waals surface area (Å²) >= 11 is 0. The molecular formula is C5H9N2. The van der Waals surface area contributed by atoms with Crippen molar-refractivity contribution in [1.29, 1.82) is 0 Å². The van der Waals surface area contributed by atoms with Crippen molar-refractivity contribution in [2.45, 2.75) is 0 Å². The van der Waals surface area contributed by atoms with Crippen LogP contribution in [0.25, 0.3) is 0 Å². The van der Waals surface area contributed by atoms with Gasteiger partial charge in [-0.25, -0.2) is 0 Å². The normalized spacial score (nSPS) is 20.4. The van der Waals surface area contributed by atoms with Gasteiger partial charge in [0.1, 0.15) is 0 Å². The molecule has 0 aliphatic carbocycles. The van der Waals surface area contributed by atoms with E-state index in [1.165, 1.54) is 0 Å². The van der Waals surface area contributed by atoms with Crippen LogP contribution in [0, 0.1) is 6.92 Å². The lowest BCUT2D eigenvalue weighted by molar-refractivity contribution is 0.649. The van der Waals surface area contributed by atoms with Gasteiger partial charge in [-0.15, -0.1) is 0 Å². The van der Waals surface area contributed by atoms with Gasteiger partial charge in [-0.1, -0.05) is 6.08 Å². The van der Waals surface area contributed by atoms with Crippen LogP contribution in [0.2, 0.25) is 0 Å². The summed E-state index contributed by atoms with van der Waals surface area (Å²) in [6, 6.07) is 0. The standard InChI is InChI=1S/C5H9N2/c1-5-2-3-6-4-7-5/h2,6-7H,1,3-4H2. The number of hydrogen-bond acceptors (Lipinski definition) is 2.